The van der Waals surface area contributed by atoms with Crippen LogP contribution in [0.15, 0.2) is 84.2 Å². The Hall–Kier alpha value is -4.54. The number of nitrogens with one attached hydrogen (secondary N) is 2. The molecule has 33 heavy (non-hydrogen) atoms. The SMILES string of the molecule is C=CC=N/C(=C\C)c1cc2c(-c3cc4c([nH]3)C=C=CC=C4c3ccccc3F)n[nH]c2cn1. The van der Waals surface area contributed by atoms with Crippen molar-refractivity contribution >= 4 is 34.5 Å². The molecule has 5 rings (SSSR count). The minimum Gasteiger partial charge on any atom is -0.353 e. The molecular formula is C27H20FN5. The average molecular weight is 433 g/mol. The molecule has 6 heteroatoms. The zero-order chi connectivity index (χ0) is 22.8. The fourth-order valence-electron chi connectivity index (χ4n) is 3.89. The van der Waals surface area contributed by atoms with Crippen LogP contribution in [-0.4, -0.2) is 26.4 Å². The third kappa shape index (κ3) is 3.69. The van der Waals surface area contributed by atoms with Crippen LogP contribution in [0.1, 0.15) is 29.4 Å². The molecule has 0 saturated carbocycles. The van der Waals surface area contributed by atoms with E-state index in [1.807, 2.05) is 43.4 Å². The number of H-pyrrole nitrogens is 2. The molecule has 1 aromatic carbocycles. The molecule has 0 unspecified atom stereocenters. The standard InChI is InChI=1S/C27H20FN5/c1-3-13-29-22(4-2)24-15-20-26(16-30-24)32-33-27(20)25-14-19-17(9-6-8-12-23(19)31-25)18-10-5-7-11-21(18)28/h3-7,9-16,31H,1H2,2H3,(H,32,33)/b22-4-,29-13?. The van der Waals surface area contributed by atoms with E-state index in [4.69, 9.17) is 0 Å². The van der Waals surface area contributed by atoms with E-state index in [0.717, 1.165) is 50.5 Å². The molecule has 0 spiro atoms. The lowest BCUT2D eigenvalue weighted by Crippen LogP contribution is -1.92. The second kappa shape index (κ2) is 8.54. The molecule has 0 aliphatic heterocycles. The zero-order valence-corrected chi connectivity index (χ0v) is 17.9. The van der Waals surface area contributed by atoms with Crippen LogP contribution < -0.4 is 0 Å². The van der Waals surface area contributed by atoms with Gasteiger partial charge in [-0.3, -0.25) is 15.1 Å². The van der Waals surface area contributed by atoms with Crippen LogP contribution >= 0.6 is 0 Å². The summed E-state index contributed by atoms with van der Waals surface area (Å²) in [5.41, 5.74) is 9.99. The molecule has 2 N–H and O–H groups in total. The lowest BCUT2D eigenvalue weighted by molar-refractivity contribution is 0.624. The molecule has 0 radical (unpaired) electrons. The van der Waals surface area contributed by atoms with Crippen molar-refractivity contribution in [2.75, 3.05) is 0 Å². The molecule has 1 aliphatic rings. The summed E-state index contributed by atoms with van der Waals surface area (Å²) in [6.07, 6.45) is 12.4. The predicted molar refractivity (Wildman–Crippen MR) is 132 cm³/mol. The topological polar surface area (TPSA) is 69.7 Å². The summed E-state index contributed by atoms with van der Waals surface area (Å²) in [6.45, 7) is 5.59. The summed E-state index contributed by atoms with van der Waals surface area (Å²) < 4.78 is 14.6. The number of allylic oxidation sites excluding steroid dienone is 4. The Morgan fingerprint density at radius 3 is 2.91 bits per heavy atom. The molecule has 0 saturated heterocycles. The number of nitrogens with zero attached hydrogens (tertiary/aromatic N) is 3. The number of aromatic nitrogens is 4. The summed E-state index contributed by atoms with van der Waals surface area (Å²) in [4.78, 5) is 12.3. The second-order valence-electron chi connectivity index (χ2n) is 7.42. The van der Waals surface area contributed by atoms with Gasteiger partial charge < -0.3 is 4.98 Å². The minimum atomic E-state index is -0.271. The molecule has 3 aromatic heterocycles. The van der Waals surface area contributed by atoms with Crippen LogP contribution in [0.25, 0.3) is 39.6 Å². The van der Waals surface area contributed by atoms with Crippen LogP contribution in [-0.2, 0) is 0 Å². The molecule has 0 bridgehead atoms. The van der Waals surface area contributed by atoms with Crippen LogP contribution in [0.5, 0.6) is 0 Å². The van der Waals surface area contributed by atoms with E-state index < -0.39 is 0 Å². The summed E-state index contributed by atoms with van der Waals surface area (Å²) in [6, 6.07) is 10.7. The number of benzene rings is 1. The number of pyridine rings is 1. The van der Waals surface area contributed by atoms with Gasteiger partial charge in [0.2, 0.25) is 0 Å². The average Bonchev–Trinajstić information content (AvgIpc) is 3.39. The number of hydrogen-bond donors (Lipinski definition) is 2. The van der Waals surface area contributed by atoms with E-state index in [1.165, 1.54) is 6.07 Å². The lowest BCUT2D eigenvalue weighted by atomic mass is 9.97. The van der Waals surface area contributed by atoms with E-state index in [0.29, 0.717) is 5.56 Å². The van der Waals surface area contributed by atoms with Crippen molar-refractivity contribution in [1.82, 2.24) is 20.2 Å². The zero-order valence-electron chi connectivity index (χ0n) is 17.9. The van der Waals surface area contributed by atoms with Crippen molar-refractivity contribution in [3.8, 4) is 11.4 Å². The van der Waals surface area contributed by atoms with Gasteiger partial charge in [0.1, 0.15) is 11.5 Å². The van der Waals surface area contributed by atoms with Gasteiger partial charge in [0.05, 0.1) is 34.5 Å². The molecule has 5 nitrogen and oxygen atoms in total. The third-order valence-corrected chi connectivity index (χ3v) is 5.43. The van der Waals surface area contributed by atoms with Crippen molar-refractivity contribution in [2.24, 2.45) is 4.99 Å². The number of aromatic amines is 2. The Morgan fingerprint density at radius 1 is 1.21 bits per heavy atom. The van der Waals surface area contributed by atoms with Crippen molar-refractivity contribution in [1.29, 1.82) is 0 Å². The van der Waals surface area contributed by atoms with Crippen molar-refractivity contribution in [3.05, 3.63) is 108 Å². The van der Waals surface area contributed by atoms with Gasteiger partial charge in [-0.1, -0.05) is 36.9 Å². The number of aliphatic imine (C=N–C) groups is 1. The smallest absolute Gasteiger partial charge is 0.131 e. The lowest BCUT2D eigenvalue weighted by Gasteiger charge is -2.07. The van der Waals surface area contributed by atoms with Crippen molar-refractivity contribution in [2.45, 2.75) is 6.92 Å². The van der Waals surface area contributed by atoms with Gasteiger partial charge in [-0.25, -0.2) is 4.39 Å². The number of halogens is 1. The number of hydrogen-bond acceptors (Lipinski definition) is 3. The molecule has 0 atom stereocenters. The third-order valence-electron chi connectivity index (χ3n) is 5.43. The largest absolute Gasteiger partial charge is 0.353 e. The summed E-state index contributed by atoms with van der Waals surface area (Å²) in [7, 11) is 0. The Bertz CT molecular complexity index is 1540. The van der Waals surface area contributed by atoms with Gasteiger partial charge in [0.25, 0.3) is 0 Å². The van der Waals surface area contributed by atoms with Gasteiger partial charge in [-0.05, 0) is 42.8 Å². The maximum Gasteiger partial charge on any atom is 0.131 e. The van der Waals surface area contributed by atoms with E-state index in [2.05, 4.69) is 37.5 Å². The van der Waals surface area contributed by atoms with Crippen LogP contribution in [0.2, 0.25) is 0 Å². The first-order chi connectivity index (χ1) is 16.2. The maximum atomic E-state index is 14.6. The Balaban J connectivity index is 1.63. The first-order valence-corrected chi connectivity index (χ1v) is 10.5. The minimum absolute atomic E-state index is 0.271. The van der Waals surface area contributed by atoms with Crippen molar-refractivity contribution < 1.29 is 4.39 Å². The first kappa shape index (κ1) is 20.4. The van der Waals surface area contributed by atoms with E-state index in [1.54, 1.807) is 36.7 Å². The molecule has 0 fully saturated rings. The van der Waals surface area contributed by atoms with Gasteiger partial charge in [0, 0.05) is 28.8 Å². The summed E-state index contributed by atoms with van der Waals surface area (Å²) in [5, 5.41) is 8.48. The Labute approximate surface area is 190 Å². The predicted octanol–water partition coefficient (Wildman–Crippen LogP) is 6.32. The van der Waals surface area contributed by atoms with Gasteiger partial charge >= 0.3 is 0 Å². The molecule has 0 amide bonds. The summed E-state index contributed by atoms with van der Waals surface area (Å²) >= 11 is 0. The highest BCUT2D eigenvalue weighted by atomic mass is 19.1. The monoisotopic (exact) mass is 433 g/mol. The van der Waals surface area contributed by atoms with Gasteiger partial charge in [-0.2, -0.15) is 5.10 Å². The Kier molecular flexibility index (Phi) is 5.27. The first-order valence-electron chi connectivity index (χ1n) is 10.5. The molecule has 1 aliphatic carbocycles. The quantitative estimate of drug-likeness (QED) is 0.285. The van der Waals surface area contributed by atoms with Gasteiger partial charge in [0.15, 0.2) is 0 Å². The highest BCUT2D eigenvalue weighted by Crippen LogP contribution is 2.35. The van der Waals surface area contributed by atoms with E-state index >= 15 is 0 Å². The second-order valence-corrected chi connectivity index (χ2v) is 7.42. The maximum absolute atomic E-state index is 14.6. The highest BCUT2D eigenvalue weighted by molar-refractivity contribution is 5.96. The number of fused-ring (bicyclic) bond motifs is 2. The fourth-order valence-corrected chi connectivity index (χ4v) is 3.89. The molecule has 3 heterocycles. The molecule has 160 valence electrons. The normalized spacial score (nSPS) is 13.4. The molecule has 4 aromatic rings. The number of rotatable bonds is 5. The van der Waals surface area contributed by atoms with Crippen LogP contribution in [0.3, 0.4) is 0 Å². The summed E-state index contributed by atoms with van der Waals surface area (Å²) in [5.74, 6) is -0.271. The van der Waals surface area contributed by atoms with Crippen LogP contribution in [0.4, 0.5) is 4.39 Å². The highest BCUT2D eigenvalue weighted by Gasteiger charge is 2.19. The fraction of sp³-hybridized carbons (Fsp3) is 0.0370. The van der Waals surface area contributed by atoms with Crippen LogP contribution in [0, 0.1) is 5.82 Å². The van der Waals surface area contributed by atoms with E-state index in [-0.39, 0.29) is 5.82 Å². The van der Waals surface area contributed by atoms with E-state index in [9.17, 15) is 4.39 Å². The Morgan fingerprint density at radius 2 is 2.09 bits per heavy atom. The van der Waals surface area contributed by atoms with Gasteiger partial charge in [-0.15, -0.1) is 5.73 Å². The van der Waals surface area contributed by atoms with Crippen molar-refractivity contribution in [3.63, 3.8) is 0 Å². The molecular weight excluding hydrogens is 413 g/mol.